The van der Waals surface area contributed by atoms with Gasteiger partial charge in [0.1, 0.15) is 0 Å². The van der Waals surface area contributed by atoms with Gasteiger partial charge in [0.05, 0.1) is 26.2 Å². The quantitative estimate of drug-likeness (QED) is 0.502. The van der Waals surface area contributed by atoms with Gasteiger partial charge in [-0.05, 0) is 83.5 Å². The van der Waals surface area contributed by atoms with Gasteiger partial charge in [-0.2, -0.15) is 5.26 Å². The number of methoxy groups -OCH3 is 2. The number of fused-ring (bicyclic) bond motifs is 3. The molecule has 1 fully saturated rings. The van der Waals surface area contributed by atoms with Crippen LogP contribution in [-0.4, -0.2) is 19.5 Å². The number of benzene rings is 2. The Morgan fingerprint density at radius 3 is 2.32 bits per heavy atom. The van der Waals surface area contributed by atoms with Gasteiger partial charge < -0.3 is 9.47 Å². The first-order valence-corrected chi connectivity index (χ1v) is 12.1. The topological polar surface area (TPSA) is 42.2 Å². The number of rotatable bonds is 4. The van der Waals surface area contributed by atoms with Crippen LogP contribution < -0.4 is 9.47 Å². The number of hydrogen-bond donors (Lipinski definition) is 0. The van der Waals surface area contributed by atoms with E-state index in [9.17, 15) is 5.26 Å². The fourth-order valence-corrected chi connectivity index (χ4v) is 7.66. The van der Waals surface area contributed by atoms with Crippen LogP contribution in [0.4, 0.5) is 0 Å². The minimum absolute atomic E-state index is 0.0114. The van der Waals surface area contributed by atoms with Gasteiger partial charge in [-0.25, -0.2) is 0 Å². The summed E-state index contributed by atoms with van der Waals surface area (Å²) in [4.78, 5) is 1.24. The maximum Gasteiger partial charge on any atom is 0.161 e. The van der Waals surface area contributed by atoms with Gasteiger partial charge >= 0.3 is 0 Å². The van der Waals surface area contributed by atoms with Crippen molar-refractivity contribution < 1.29 is 9.47 Å². The molecule has 0 unspecified atom stereocenters. The molecule has 0 spiro atoms. The minimum atomic E-state index is -0.0753. The Morgan fingerprint density at radius 1 is 1.06 bits per heavy atom. The second-order valence-corrected chi connectivity index (χ2v) is 11.3. The van der Waals surface area contributed by atoms with Gasteiger partial charge in [0.15, 0.2) is 11.5 Å². The van der Waals surface area contributed by atoms with Crippen molar-refractivity contribution in [3.05, 3.63) is 52.5 Å². The molecule has 3 nitrogen and oxygen atoms in total. The van der Waals surface area contributed by atoms with Crippen LogP contribution in [0.1, 0.15) is 44.7 Å². The first-order chi connectivity index (χ1) is 14.7. The van der Waals surface area contributed by atoms with E-state index in [-0.39, 0.29) is 22.7 Å². The van der Waals surface area contributed by atoms with Crippen molar-refractivity contribution in [2.24, 2.45) is 17.3 Å². The van der Waals surface area contributed by atoms with Gasteiger partial charge in [-0.3, -0.25) is 0 Å². The molecule has 0 radical (unpaired) electrons. The third-order valence-corrected chi connectivity index (χ3v) is 9.49. The normalized spacial score (nSPS) is 28.7. The molecule has 164 valence electrons. The van der Waals surface area contributed by atoms with Gasteiger partial charge in [0, 0.05) is 15.2 Å². The standard InChI is InChI=1S/C26H30ClNO2S/c1-25(2)23(31-19-8-6-18(27)7-9-19)10-11-26(3)20-14-22(30-5)21(29-4)13-16(20)12-17(15-28)24(25)26/h6-9,13-14,17,23-24H,10-12H2,1-5H3/t17-,23-,24-,26+/m0/s1. The summed E-state index contributed by atoms with van der Waals surface area (Å²) in [6, 6.07) is 15.1. The molecular formula is C26H30ClNO2S. The summed E-state index contributed by atoms with van der Waals surface area (Å²) in [5.74, 6) is 1.74. The molecule has 1 saturated carbocycles. The lowest BCUT2D eigenvalue weighted by molar-refractivity contribution is 0.0222. The Balaban J connectivity index is 1.75. The molecular weight excluding hydrogens is 426 g/mol. The zero-order chi connectivity index (χ0) is 22.4. The number of halogens is 1. The average molecular weight is 456 g/mol. The van der Waals surface area contributed by atoms with Crippen LogP contribution in [0.15, 0.2) is 41.3 Å². The highest BCUT2D eigenvalue weighted by atomic mass is 35.5. The summed E-state index contributed by atoms with van der Waals surface area (Å²) in [5, 5.41) is 11.4. The third kappa shape index (κ3) is 3.70. The van der Waals surface area contributed by atoms with E-state index in [2.05, 4.69) is 51.1 Å². The lowest BCUT2D eigenvalue weighted by atomic mass is 9.47. The Hall–Kier alpha value is -1.83. The molecule has 2 aromatic carbocycles. The molecule has 4 rings (SSSR count). The number of thioether (sulfide) groups is 1. The van der Waals surface area contributed by atoms with Crippen molar-refractivity contribution in [2.75, 3.05) is 14.2 Å². The molecule has 0 bridgehead atoms. The zero-order valence-corrected chi connectivity index (χ0v) is 20.4. The monoisotopic (exact) mass is 455 g/mol. The first kappa shape index (κ1) is 22.4. The van der Waals surface area contributed by atoms with Crippen LogP contribution in [-0.2, 0) is 11.8 Å². The zero-order valence-electron chi connectivity index (χ0n) is 18.9. The van der Waals surface area contributed by atoms with Gasteiger partial charge in [0.25, 0.3) is 0 Å². The molecule has 4 atom stereocenters. The Bertz CT molecular complexity index is 1010. The first-order valence-electron chi connectivity index (χ1n) is 10.8. The minimum Gasteiger partial charge on any atom is -0.493 e. The highest BCUT2D eigenvalue weighted by Gasteiger charge is 2.57. The van der Waals surface area contributed by atoms with Gasteiger partial charge in [-0.15, -0.1) is 11.8 Å². The summed E-state index contributed by atoms with van der Waals surface area (Å²) in [5.41, 5.74) is 2.46. The number of hydrogen-bond acceptors (Lipinski definition) is 4. The molecule has 0 N–H and O–H groups in total. The summed E-state index contributed by atoms with van der Waals surface area (Å²) in [6.07, 6.45) is 2.90. The second kappa shape index (κ2) is 8.26. The predicted octanol–water partition coefficient (Wildman–Crippen LogP) is 6.91. The van der Waals surface area contributed by atoms with Crippen LogP contribution >= 0.6 is 23.4 Å². The molecule has 31 heavy (non-hydrogen) atoms. The van der Waals surface area contributed by atoms with Crippen LogP contribution in [0.2, 0.25) is 5.02 Å². The average Bonchev–Trinajstić information content (AvgIpc) is 2.75. The van der Waals surface area contributed by atoms with Crippen molar-refractivity contribution in [1.29, 1.82) is 5.26 Å². The van der Waals surface area contributed by atoms with E-state index >= 15 is 0 Å². The summed E-state index contributed by atoms with van der Waals surface area (Å²) >= 11 is 8.02. The van der Waals surface area contributed by atoms with Crippen molar-refractivity contribution in [3.8, 4) is 17.6 Å². The molecule has 2 aromatic rings. The van der Waals surface area contributed by atoms with E-state index in [0.29, 0.717) is 5.25 Å². The summed E-state index contributed by atoms with van der Waals surface area (Å²) in [7, 11) is 3.36. The third-order valence-electron chi connectivity index (χ3n) is 7.57. The van der Waals surface area contributed by atoms with E-state index in [1.807, 2.05) is 23.9 Å². The number of nitriles is 1. The van der Waals surface area contributed by atoms with E-state index < -0.39 is 0 Å². The molecule has 0 aliphatic heterocycles. The maximum atomic E-state index is 10.2. The van der Waals surface area contributed by atoms with E-state index in [4.69, 9.17) is 21.1 Å². The summed E-state index contributed by atoms with van der Waals surface area (Å²) < 4.78 is 11.2. The molecule has 0 aromatic heterocycles. The second-order valence-electron chi connectivity index (χ2n) is 9.62. The molecule has 0 heterocycles. The highest BCUT2D eigenvalue weighted by Crippen LogP contribution is 2.62. The Kier molecular flexibility index (Phi) is 5.96. The van der Waals surface area contributed by atoms with E-state index in [1.54, 1.807) is 14.2 Å². The lowest BCUT2D eigenvalue weighted by Gasteiger charge is -2.58. The van der Waals surface area contributed by atoms with E-state index in [1.165, 1.54) is 16.0 Å². The SMILES string of the molecule is COc1cc2c(cc1OC)[C@@]1(C)CC[C@H](Sc3ccc(Cl)cc3)C(C)(C)[C@@H]1[C@H](C#N)C2. The Morgan fingerprint density at radius 2 is 1.71 bits per heavy atom. The van der Waals surface area contributed by atoms with Crippen LogP contribution in [0.3, 0.4) is 0 Å². The Labute approximate surface area is 195 Å². The van der Waals surface area contributed by atoms with Crippen molar-refractivity contribution >= 4 is 23.4 Å². The van der Waals surface area contributed by atoms with Crippen LogP contribution in [0.5, 0.6) is 11.5 Å². The smallest absolute Gasteiger partial charge is 0.161 e. The van der Waals surface area contributed by atoms with E-state index in [0.717, 1.165) is 35.8 Å². The fourth-order valence-electron chi connectivity index (χ4n) is 6.23. The van der Waals surface area contributed by atoms with Crippen LogP contribution in [0, 0.1) is 28.6 Å². The molecule has 0 amide bonds. The largest absolute Gasteiger partial charge is 0.493 e. The number of ether oxygens (including phenoxy) is 2. The lowest BCUT2D eigenvalue weighted by Crippen LogP contribution is -2.56. The predicted molar refractivity (Wildman–Crippen MR) is 127 cm³/mol. The van der Waals surface area contributed by atoms with Gasteiger partial charge in [0.2, 0.25) is 0 Å². The molecule has 0 saturated heterocycles. The summed E-state index contributed by atoms with van der Waals surface area (Å²) in [6.45, 7) is 7.08. The van der Waals surface area contributed by atoms with Crippen LogP contribution in [0.25, 0.3) is 0 Å². The van der Waals surface area contributed by atoms with Gasteiger partial charge in [-0.1, -0.05) is 32.4 Å². The van der Waals surface area contributed by atoms with Crippen molar-refractivity contribution in [2.45, 2.75) is 55.6 Å². The molecule has 5 heteroatoms. The van der Waals surface area contributed by atoms with Crippen molar-refractivity contribution in [1.82, 2.24) is 0 Å². The maximum absolute atomic E-state index is 10.2. The fraction of sp³-hybridized carbons (Fsp3) is 0.500. The molecule has 2 aliphatic carbocycles. The highest BCUT2D eigenvalue weighted by molar-refractivity contribution is 8.00. The number of nitrogens with zero attached hydrogens (tertiary/aromatic N) is 1. The molecule has 2 aliphatic rings. The van der Waals surface area contributed by atoms with Crippen molar-refractivity contribution in [3.63, 3.8) is 0 Å².